The topological polar surface area (TPSA) is 115 Å². The molecule has 1 aromatic carbocycles. The van der Waals surface area contributed by atoms with Gasteiger partial charge in [0.05, 0.1) is 11.1 Å². The number of amides is 2. The molecule has 0 radical (unpaired) electrons. The standard InChI is InChI=1S/C31H32F3N5O4S/c1-3-9-35-30(42)38-27-14-21(29-37-26(17-44-29)31(32,33)34)23(15-36-27)20-4-5-25-22(13-20)28(41)24(18(2)40)16-39(25)10-6-19-7-11-43-12-8-19/h4-5,13-17,19H,3,6-12H2,1-2H3,(H2,35,36,38,42). The number of nitrogens with zero attached hydrogens (tertiary/aromatic N) is 3. The van der Waals surface area contributed by atoms with Crippen molar-refractivity contribution in [1.82, 2.24) is 19.9 Å². The molecular weight excluding hydrogens is 595 g/mol. The highest BCUT2D eigenvalue weighted by molar-refractivity contribution is 7.13. The lowest BCUT2D eigenvalue weighted by molar-refractivity contribution is -0.140. The number of ketones is 1. The minimum Gasteiger partial charge on any atom is -0.381 e. The normalized spacial score (nSPS) is 14.1. The molecule has 1 saturated heterocycles. The van der Waals surface area contributed by atoms with Crippen LogP contribution in [0.2, 0.25) is 0 Å². The predicted molar refractivity (Wildman–Crippen MR) is 163 cm³/mol. The number of urea groups is 1. The Balaban J connectivity index is 1.59. The first-order valence-electron chi connectivity index (χ1n) is 14.4. The van der Waals surface area contributed by atoms with Crippen molar-refractivity contribution in [2.45, 2.75) is 52.3 Å². The zero-order valence-electron chi connectivity index (χ0n) is 24.3. The number of hydrogen-bond acceptors (Lipinski definition) is 7. The Hall–Kier alpha value is -4.10. The third kappa shape index (κ3) is 6.99. The van der Waals surface area contributed by atoms with Crippen molar-refractivity contribution in [3.05, 3.63) is 63.5 Å². The van der Waals surface area contributed by atoms with Gasteiger partial charge in [0, 0.05) is 60.6 Å². The molecule has 5 rings (SSSR count). The molecule has 4 heterocycles. The van der Waals surface area contributed by atoms with Gasteiger partial charge in [0.25, 0.3) is 0 Å². The van der Waals surface area contributed by atoms with Gasteiger partial charge < -0.3 is 14.6 Å². The Bertz CT molecular complexity index is 1740. The molecule has 0 saturated carbocycles. The lowest BCUT2D eigenvalue weighted by Gasteiger charge is -2.23. The lowest BCUT2D eigenvalue weighted by Crippen LogP contribution is -2.29. The van der Waals surface area contributed by atoms with Crippen molar-refractivity contribution < 1.29 is 27.5 Å². The van der Waals surface area contributed by atoms with Gasteiger partial charge in [-0.3, -0.25) is 14.9 Å². The van der Waals surface area contributed by atoms with E-state index in [1.54, 1.807) is 24.4 Å². The maximum atomic E-state index is 13.5. The Labute approximate surface area is 255 Å². The average Bonchev–Trinajstić information content (AvgIpc) is 3.51. The molecule has 0 spiro atoms. The summed E-state index contributed by atoms with van der Waals surface area (Å²) in [5.74, 6) is 0.239. The molecule has 2 amide bonds. The van der Waals surface area contributed by atoms with E-state index in [-0.39, 0.29) is 22.2 Å². The summed E-state index contributed by atoms with van der Waals surface area (Å²) in [6.45, 7) is 5.72. The van der Waals surface area contributed by atoms with E-state index in [2.05, 4.69) is 20.6 Å². The van der Waals surface area contributed by atoms with Crippen molar-refractivity contribution in [2.24, 2.45) is 5.92 Å². The molecule has 0 aliphatic carbocycles. The average molecular weight is 628 g/mol. The van der Waals surface area contributed by atoms with Crippen molar-refractivity contribution in [3.63, 3.8) is 0 Å². The SMILES string of the molecule is CCCNC(=O)Nc1cc(-c2nc(C(F)(F)F)cs2)c(-c2ccc3c(c2)c(=O)c(C(C)=O)cn3CCC2CCOCC2)cn1. The van der Waals surface area contributed by atoms with Crippen LogP contribution in [0.4, 0.5) is 23.8 Å². The lowest BCUT2D eigenvalue weighted by atomic mass is 9.96. The molecule has 13 heteroatoms. The number of aryl methyl sites for hydroxylation is 1. The van der Waals surface area contributed by atoms with Gasteiger partial charge in [0.15, 0.2) is 16.9 Å². The van der Waals surface area contributed by atoms with Crippen LogP contribution < -0.4 is 16.1 Å². The second-order valence-electron chi connectivity index (χ2n) is 10.7. The van der Waals surface area contributed by atoms with Crippen LogP contribution in [0.15, 0.2) is 46.8 Å². The molecule has 3 aromatic heterocycles. The number of alkyl halides is 3. The molecule has 2 N–H and O–H groups in total. The van der Waals surface area contributed by atoms with E-state index >= 15 is 0 Å². The summed E-state index contributed by atoms with van der Waals surface area (Å²) in [6.07, 6.45) is 1.89. The fraction of sp³-hybridized carbons (Fsp3) is 0.387. The van der Waals surface area contributed by atoms with Gasteiger partial charge in [-0.05, 0) is 62.3 Å². The molecule has 4 aromatic rings. The van der Waals surface area contributed by atoms with E-state index in [0.29, 0.717) is 46.6 Å². The number of carbonyl (C=O) groups excluding carboxylic acids is 2. The van der Waals surface area contributed by atoms with Gasteiger partial charge in [-0.1, -0.05) is 13.0 Å². The third-order valence-electron chi connectivity index (χ3n) is 7.60. The minimum atomic E-state index is -4.63. The zero-order valence-corrected chi connectivity index (χ0v) is 25.1. The number of hydrogen-bond donors (Lipinski definition) is 2. The number of pyridine rings is 2. The molecular formula is C31H32F3N5O4S. The summed E-state index contributed by atoms with van der Waals surface area (Å²) in [5, 5.41) is 6.57. The number of carbonyl (C=O) groups is 2. The summed E-state index contributed by atoms with van der Waals surface area (Å²) < 4.78 is 47.7. The van der Waals surface area contributed by atoms with E-state index in [4.69, 9.17) is 4.74 Å². The van der Waals surface area contributed by atoms with Crippen LogP contribution in [0, 0.1) is 5.92 Å². The summed E-state index contributed by atoms with van der Waals surface area (Å²) in [5.41, 5.74) is 0.457. The van der Waals surface area contributed by atoms with Gasteiger partial charge in [0.1, 0.15) is 10.8 Å². The molecule has 9 nitrogen and oxygen atoms in total. The van der Waals surface area contributed by atoms with E-state index < -0.39 is 23.3 Å². The van der Waals surface area contributed by atoms with Crippen molar-refractivity contribution in [1.29, 1.82) is 0 Å². The van der Waals surface area contributed by atoms with Crippen LogP contribution in [-0.4, -0.2) is 46.1 Å². The Morgan fingerprint density at radius 1 is 1.16 bits per heavy atom. The first kappa shape index (κ1) is 31.3. The van der Waals surface area contributed by atoms with Gasteiger partial charge in [-0.2, -0.15) is 13.2 Å². The number of rotatable bonds is 9. The van der Waals surface area contributed by atoms with Gasteiger partial charge in [-0.15, -0.1) is 11.3 Å². The van der Waals surface area contributed by atoms with Gasteiger partial charge >= 0.3 is 12.2 Å². The van der Waals surface area contributed by atoms with Crippen LogP contribution in [-0.2, 0) is 17.5 Å². The first-order valence-corrected chi connectivity index (χ1v) is 15.3. The zero-order chi connectivity index (χ0) is 31.4. The van der Waals surface area contributed by atoms with Gasteiger partial charge in [0.2, 0.25) is 0 Å². The summed E-state index contributed by atoms with van der Waals surface area (Å²) in [4.78, 5) is 46.4. The van der Waals surface area contributed by atoms with Crippen LogP contribution in [0.5, 0.6) is 0 Å². The quantitative estimate of drug-likeness (QED) is 0.198. The minimum absolute atomic E-state index is 0.0624. The van der Waals surface area contributed by atoms with E-state index in [1.165, 1.54) is 19.2 Å². The van der Waals surface area contributed by atoms with E-state index in [1.807, 2.05) is 11.5 Å². The van der Waals surface area contributed by atoms with Crippen LogP contribution >= 0.6 is 11.3 Å². The molecule has 1 fully saturated rings. The highest BCUT2D eigenvalue weighted by Gasteiger charge is 2.34. The molecule has 1 aliphatic heterocycles. The highest BCUT2D eigenvalue weighted by atomic mass is 32.1. The van der Waals surface area contributed by atoms with Crippen molar-refractivity contribution in [3.8, 4) is 21.7 Å². The first-order chi connectivity index (χ1) is 21.0. The largest absolute Gasteiger partial charge is 0.434 e. The number of Topliss-reactive ketones (excluding diaryl/α,β-unsaturated/α-hetero) is 1. The number of halogens is 3. The van der Waals surface area contributed by atoms with E-state index in [9.17, 15) is 27.6 Å². The Kier molecular flexibility index (Phi) is 9.45. The van der Waals surface area contributed by atoms with Crippen LogP contribution in [0.1, 0.15) is 55.6 Å². The predicted octanol–water partition coefficient (Wildman–Crippen LogP) is 6.76. The second kappa shape index (κ2) is 13.3. The molecule has 0 unspecified atom stereocenters. The van der Waals surface area contributed by atoms with E-state index in [0.717, 1.165) is 55.6 Å². The summed E-state index contributed by atoms with van der Waals surface area (Å²) >= 11 is 0.809. The number of thiazole rings is 1. The number of benzene rings is 1. The number of fused-ring (bicyclic) bond motifs is 1. The fourth-order valence-electron chi connectivity index (χ4n) is 5.21. The molecule has 1 aliphatic rings. The Morgan fingerprint density at radius 3 is 2.61 bits per heavy atom. The maximum absolute atomic E-state index is 13.5. The van der Waals surface area contributed by atoms with Crippen molar-refractivity contribution in [2.75, 3.05) is 25.1 Å². The summed E-state index contributed by atoms with van der Waals surface area (Å²) in [6, 6.07) is 6.13. The van der Waals surface area contributed by atoms with Gasteiger partial charge in [-0.25, -0.2) is 14.8 Å². The highest BCUT2D eigenvalue weighted by Crippen LogP contribution is 2.39. The van der Waals surface area contributed by atoms with Crippen molar-refractivity contribution >= 4 is 39.9 Å². The van der Waals surface area contributed by atoms with Crippen LogP contribution in [0.3, 0.4) is 0 Å². The molecule has 0 bridgehead atoms. The molecule has 232 valence electrons. The number of ether oxygens (including phenoxy) is 1. The number of anilines is 1. The molecule has 0 atom stereocenters. The number of aromatic nitrogens is 3. The number of nitrogens with one attached hydrogen (secondary N) is 2. The maximum Gasteiger partial charge on any atom is 0.434 e. The third-order valence-corrected chi connectivity index (χ3v) is 8.47. The second-order valence-corrected chi connectivity index (χ2v) is 11.6. The summed E-state index contributed by atoms with van der Waals surface area (Å²) in [7, 11) is 0. The Morgan fingerprint density at radius 2 is 1.93 bits per heavy atom. The molecule has 44 heavy (non-hydrogen) atoms. The smallest absolute Gasteiger partial charge is 0.381 e. The fourth-order valence-corrected chi connectivity index (χ4v) is 6.07. The monoisotopic (exact) mass is 627 g/mol. The van der Waals surface area contributed by atoms with Crippen LogP contribution in [0.25, 0.3) is 32.6 Å².